The lowest BCUT2D eigenvalue weighted by atomic mass is 10.1. The van der Waals surface area contributed by atoms with Crippen LogP contribution in [-0.4, -0.2) is 44.0 Å². The van der Waals surface area contributed by atoms with Gasteiger partial charge in [0.25, 0.3) is 11.6 Å². The molecule has 0 atom stereocenters. The number of benzene rings is 1. The summed E-state index contributed by atoms with van der Waals surface area (Å²) in [6.45, 7) is 2.19. The van der Waals surface area contributed by atoms with E-state index in [1.54, 1.807) is 19.0 Å². The molecule has 8 heteroatoms. The Hall–Kier alpha value is -2.64. The molecule has 0 aromatic heterocycles. The second-order valence-electron chi connectivity index (χ2n) is 5.49. The number of esters is 1. The van der Waals surface area contributed by atoms with E-state index in [9.17, 15) is 19.7 Å². The van der Waals surface area contributed by atoms with Crippen LogP contribution in [0, 0.1) is 10.1 Å². The highest BCUT2D eigenvalue weighted by molar-refractivity contribution is 5.93. The number of carbonyl (C=O) groups is 2. The Kier molecular flexibility index (Phi) is 7.67. The van der Waals surface area contributed by atoms with E-state index in [-0.39, 0.29) is 17.2 Å². The molecule has 1 aromatic carbocycles. The minimum absolute atomic E-state index is 0.0334. The van der Waals surface area contributed by atoms with Crippen molar-refractivity contribution in [2.75, 3.05) is 32.1 Å². The minimum Gasteiger partial charge on any atom is -0.452 e. The number of carbonyl (C=O) groups excluding carboxylic acids is 2. The first-order chi connectivity index (χ1) is 11.4. The van der Waals surface area contributed by atoms with Gasteiger partial charge in [-0.2, -0.15) is 0 Å². The lowest BCUT2D eigenvalue weighted by Gasteiger charge is -2.13. The number of anilines is 1. The molecule has 1 amide bonds. The molecule has 0 saturated heterocycles. The highest BCUT2D eigenvalue weighted by Crippen LogP contribution is 2.27. The summed E-state index contributed by atoms with van der Waals surface area (Å²) < 4.78 is 4.89. The first-order valence-corrected chi connectivity index (χ1v) is 7.76. The van der Waals surface area contributed by atoms with Crippen LogP contribution in [0.4, 0.5) is 11.4 Å². The number of rotatable bonds is 9. The summed E-state index contributed by atoms with van der Waals surface area (Å²) in [4.78, 5) is 35.6. The van der Waals surface area contributed by atoms with Crippen LogP contribution in [0.2, 0.25) is 0 Å². The van der Waals surface area contributed by atoms with E-state index in [0.717, 1.165) is 25.3 Å². The monoisotopic (exact) mass is 337 g/mol. The number of hydrogen-bond donors (Lipinski definition) is 1. The molecule has 0 aliphatic heterocycles. The normalized spacial score (nSPS) is 10.1. The van der Waals surface area contributed by atoms with E-state index < -0.39 is 17.5 Å². The molecule has 0 fully saturated rings. The molecule has 132 valence electrons. The Morgan fingerprint density at radius 1 is 1.29 bits per heavy atom. The van der Waals surface area contributed by atoms with Crippen molar-refractivity contribution in [1.29, 1.82) is 0 Å². The van der Waals surface area contributed by atoms with Crippen LogP contribution < -0.4 is 10.2 Å². The van der Waals surface area contributed by atoms with Gasteiger partial charge in [0, 0.05) is 26.7 Å². The molecular weight excluding hydrogens is 314 g/mol. The van der Waals surface area contributed by atoms with Crippen LogP contribution >= 0.6 is 0 Å². The number of amides is 1. The third-order valence-corrected chi connectivity index (χ3v) is 3.33. The summed E-state index contributed by atoms with van der Waals surface area (Å²) in [5, 5.41) is 13.7. The van der Waals surface area contributed by atoms with E-state index in [0.29, 0.717) is 12.2 Å². The van der Waals surface area contributed by atoms with Crippen molar-refractivity contribution in [3.05, 3.63) is 33.9 Å². The fourth-order valence-electron chi connectivity index (χ4n) is 2.04. The van der Waals surface area contributed by atoms with Crippen LogP contribution in [0.5, 0.6) is 0 Å². The van der Waals surface area contributed by atoms with Gasteiger partial charge in [0.1, 0.15) is 5.69 Å². The zero-order valence-electron chi connectivity index (χ0n) is 14.2. The lowest BCUT2D eigenvalue weighted by Crippen LogP contribution is -2.29. The Morgan fingerprint density at radius 2 is 2.00 bits per heavy atom. The topological polar surface area (TPSA) is 102 Å². The maximum Gasteiger partial charge on any atom is 0.338 e. The molecule has 0 unspecified atom stereocenters. The fraction of sp³-hybridized carbons (Fsp3) is 0.500. The second kappa shape index (κ2) is 9.49. The minimum atomic E-state index is -0.771. The molecule has 1 aromatic rings. The van der Waals surface area contributed by atoms with Gasteiger partial charge < -0.3 is 15.0 Å². The summed E-state index contributed by atoms with van der Waals surface area (Å²) in [5.74, 6) is -1.16. The molecule has 0 aliphatic rings. The van der Waals surface area contributed by atoms with E-state index in [2.05, 4.69) is 12.2 Å². The predicted molar refractivity (Wildman–Crippen MR) is 90.2 cm³/mol. The van der Waals surface area contributed by atoms with Gasteiger partial charge in [0.15, 0.2) is 6.61 Å². The van der Waals surface area contributed by atoms with Crippen molar-refractivity contribution in [3.63, 3.8) is 0 Å². The van der Waals surface area contributed by atoms with E-state index in [4.69, 9.17) is 4.74 Å². The molecule has 0 radical (unpaired) electrons. The van der Waals surface area contributed by atoms with E-state index >= 15 is 0 Å². The van der Waals surface area contributed by atoms with Crippen molar-refractivity contribution in [3.8, 4) is 0 Å². The number of nitro groups is 1. The summed E-state index contributed by atoms with van der Waals surface area (Å²) in [6, 6.07) is 4.06. The highest BCUT2D eigenvalue weighted by Gasteiger charge is 2.20. The number of nitro benzene ring substituents is 1. The lowest BCUT2D eigenvalue weighted by molar-refractivity contribution is -0.384. The van der Waals surface area contributed by atoms with Crippen LogP contribution in [-0.2, 0) is 9.53 Å². The van der Waals surface area contributed by atoms with Gasteiger partial charge in [0.05, 0.1) is 10.5 Å². The molecule has 8 nitrogen and oxygen atoms in total. The van der Waals surface area contributed by atoms with Crippen molar-refractivity contribution >= 4 is 23.3 Å². The smallest absolute Gasteiger partial charge is 0.338 e. The molecule has 0 aliphatic carbocycles. The highest BCUT2D eigenvalue weighted by atomic mass is 16.6. The quantitative estimate of drug-likeness (QED) is 0.320. The SMILES string of the molecule is CCCCCNC(=O)COC(=O)c1ccc(N(C)C)c([N+](=O)[O-])c1. The summed E-state index contributed by atoms with van der Waals surface area (Å²) in [7, 11) is 3.34. The van der Waals surface area contributed by atoms with Gasteiger partial charge in [-0.25, -0.2) is 4.79 Å². The first kappa shape index (κ1) is 19.4. The third kappa shape index (κ3) is 5.86. The number of ether oxygens (including phenoxy) is 1. The molecule has 1 rings (SSSR count). The number of nitrogens with zero attached hydrogens (tertiary/aromatic N) is 2. The maximum absolute atomic E-state index is 11.9. The number of hydrogen-bond acceptors (Lipinski definition) is 6. The van der Waals surface area contributed by atoms with Gasteiger partial charge in [-0.05, 0) is 18.6 Å². The van der Waals surface area contributed by atoms with Crippen LogP contribution in [0.1, 0.15) is 36.5 Å². The maximum atomic E-state index is 11.9. The Morgan fingerprint density at radius 3 is 2.58 bits per heavy atom. The van der Waals surface area contributed by atoms with Crippen LogP contribution in [0.3, 0.4) is 0 Å². The standard InChI is InChI=1S/C16H23N3O5/c1-4-5-6-9-17-15(20)11-24-16(21)12-7-8-13(18(2)3)14(10-12)19(22)23/h7-8,10H,4-6,9,11H2,1-3H3,(H,17,20). The summed E-state index contributed by atoms with van der Waals surface area (Å²) in [5.41, 5.74) is 0.217. The number of nitrogens with one attached hydrogen (secondary N) is 1. The van der Waals surface area contributed by atoms with Crippen molar-refractivity contribution < 1.29 is 19.2 Å². The Bertz CT molecular complexity index is 601. The van der Waals surface area contributed by atoms with E-state index in [1.807, 2.05) is 0 Å². The van der Waals surface area contributed by atoms with Crippen molar-refractivity contribution in [1.82, 2.24) is 5.32 Å². The molecule has 1 N–H and O–H groups in total. The Balaban J connectivity index is 2.63. The average Bonchev–Trinajstić information content (AvgIpc) is 2.55. The van der Waals surface area contributed by atoms with Crippen molar-refractivity contribution in [2.24, 2.45) is 0 Å². The predicted octanol–water partition coefficient (Wildman–Crippen LogP) is 2.12. The summed E-state index contributed by atoms with van der Waals surface area (Å²) in [6.07, 6.45) is 2.93. The molecule has 0 heterocycles. The van der Waals surface area contributed by atoms with E-state index in [1.165, 1.54) is 12.1 Å². The third-order valence-electron chi connectivity index (χ3n) is 3.33. The second-order valence-corrected chi connectivity index (χ2v) is 5.49. The van der Waals surface area contributed by atoms with Gasteiger partial charge in [-0.1, -0.05) is 19.8 Å². The molecular formula is C16H23N3O5. The van der Waals surface area contributed by atoms with Gasteiger partial charge >= 0.3 is 5.97 Å². The van der Waals surface area contributed by atoms with Gasteiger partial charge in [-0.3, -0.25) is 14.9 Å². The fourth-order valence-corrected chi connectivity index (χ4v) is 2.04. The Labute approximate surface area is 140 Å². The van der Waals surface area contributed by atoms with Crippen LogP contribution in [0.25, 0.3) is 0 Å². The molecule has 0 saturated carbocycles. The zero-order chi connectivity index (χ0) is 18.1. The molecule has 24 heavy (non-hydrogen) atoms. The number of unbranched alkanes of at least 4 members (excludes halogenated alkanes) is 2. The zero-order valence-corrected chi connectivity index (χ0v) is 14.2. The average molecular weight is 337 g/mol. The van der Waals surface area contributed by atoms with Gasteiger partial charge in [0.2, 0.25) is 0 Å². The first-order valence-electron chi connectivity index (χ1n) is 7.76. The molecule has 0 spiro atoms. The molecule has 0 bridgehead atoms. The largest absolute Gasteiger partial charge is 0.452 e. The van der Waals surface area contributed by atoms with Crippen molar-refractivity contribution in [2.45, 2.75) is 26.2 Å². The summed E-state index contributed by atoms with van der Waals surface area (Å²) >= 11 is 0. The van der Waals surface area contributed by atoms with Crippen LogP contribution in [0.15, 0.2) is 18.2 Å². The van der Waals surface area contributed by atoms with Gasteiger partial charge in [-0.15, -0.1) is 0 Å².